The second-order valence-corrected chi connectivity index (χ2v) is 6.22. The van der Waals surface area contributed by atoms with Gasteiger partial charge >= 0.3 is 0 Å². The van der Waals surface area contributed by atoms with Gasteiger partial charge < -0.3 is 15.1 Å². The fourth-order valence-corrected chi connectivity index (χ4v) is 2.97. The van der Waals surface area contributed by atoms with Gasteiger partial charge in [-0.2, -0.15) is 0 Å². The van der Waals surface area contributed by atoms with Crippen LogP contribution in [-0.4, -0.2) is 44.9 Å². The maximum atomic E-state index is 12.6. The number of rotatable bonds is 7. The Morgan fingerprint density at radius 2 is 2.00 bits per heavy atom. The molecule has 0 aliphatic carbocycles. The highest BCUT2D eigenvalue weighted by atomic mass is 16.6. The van der Waals surface area contributed by atoms with Gasteiger partial charge in [0.2, 0.25) is 0 Å². The third kappa shape index (κ3) is 3.53. The van der Waals surface area contributed by atoms with Gasteiger partial charge in [0, 0.05) is 19.0 Å². The zero-order valence-electron chi connectivity index (χ0n) is 14.0. The molecule has 0 fully saturated rings. The smallest absolute Gasteiger partial charge is 0.290 e. The topological polar surface area (TPSA) is 121 Å². The van der Waals surface area contributed by atoms with E-state index in [0.29, 0.717) is 0 Å². The molecule has 8 heteroatoms. The van der Waals surface area contributed by atoms with Gasteiger partial charge in [-0.3, -0.25) is 19.7 Å². The summed E-state index contributed by atoms with van der Waals surface area (Å²) in [5.41, 5.74) is -0.278. The van der Waals surface area contributed by atoms with Crippen molar-refractivity contribution in [2.45, 2.75) is 26.3 Å². The van der Waals surface area contributed by atoms with E-state index in [1.165, 1.54) is 18.2 Å². The normalized spacial score (nSPS) is 17.5. The first kappa shape index (κ1) is 18.6. The lowest BCUT2D eigenvalue weighted by atomic mass is 9.91. The van der Waals surface area contributed by atoms with E-state index in [-0.39, 0.29) is 35.7 Å². The van der Waals surface area contributed by atoms with Crippen LogP contribution in [0.1, 0.15) is 31.9 Å². The summed E-state index contributed by atoms with van der Waals surface area (Å²) < 4.78 is 0. The molecule has 0 bridgehead atoms. The average Bonchev–Trinajstić information content (AvgIpc) is 2.79. The molecule has 0 spiro atoms. The molecule has 2 N–H and O–H groups in total. The molecule has 1 unspecified atom stereocenters. The first-order valence-electron chi connectivity index (χ1n) is 7.91. The Kier molecular flexibility index (Phi) is 5.53. The molecule has 8 nitrogen and oxygen atoms in total. The van der Waals surface area contributed by atoms with Crippen molar-refractivity contribution in [2.24, 2.45) is 5.92 Å². The number of ketones is 1. The van der Waals surface area contributed by atoms with E-state index >= 15 is 0 Å². The van der Waals surface area contributed by atoms with Gasteiger partial charge in [-0.1, -0.05) is 26.0 Å². The summed E-state index contributed by atoms with van der Waals surface area (Å²) in [7, 11) is 0. The van der Waals surface area contributed by atoms with Crippen molar-refractivity contribution >= 4 is 17.4 Å². The Balaban J connectivity index is 2.62. The van der Waals surface area contributed by atoms with Gasteiger partial charge in [0.25, 0.3) is 11.6 Å². The molecular weight excluding hydrogens is 328 g/mol. The number of aliphatic hydroxyl groups is 2. The number of para-hydroxylation sites is 1. The van der Waals surface area contributed by atoms with E-state index in [1.807, 2.05) is 13.8 Å². The molecule has 2 rings (SSSR count). The predicted octanol–water partition coefficient (Wildman–Crippen LogP) is 1.90. The minimum atomic E-state index is -1.09. The molecule has 134 valence electrons. The molecule has 0 radical (unpaired) electrons. The van der Waals surface area contributed by atoms with Crippen LogP contribution in [0.2, 0.25) is 0 Å². The summed E-state index contributed by atoms with van der Waals surface area (Å²) in [6, 6.07) is 4.67. The molecule has 1 heterocycles. The van der Waals surface area contributed by atoms with Gasteiger partial charge in [-0.05, 0) is 12.0 Å². The lowest BCUT2D eigenvalue weighted by Gasteiger charge is -2.26. The van der Waals surface area contributed by atoms with Gasteiger partial charge in [0.15, 0.2) is 11.5 Å². The zero-order valence-corrected chi connectivity index (χ0v) is 14.0. The number of amides is 1. The summed E-state index contributed by atoms with van der Waals surface area (Å²) in [6.07, 6.45) is 0.0940. The van der Waals surface area contributed by atoms with Gasteiger partial charge in [0.05, 0.1) is 28.7 Å². The highest BCUT2D eigenvalue weighted by Gasteiger charge is 2.45. The molecule has 1 aliphatic rings. The quantitative estimate of drug-likeness (QED) is 0.573. The Morgan fingerprint density at radius 1 is 1.36 bits per heavy atom. The molecule has 1 amide bonds. The molecule has 1 atom stereocenters. The number of carbonyl (C=O) groups excluding carboxylic acids is 2. The van der Waals surface area contributed by atoms with E-state index < -0.39 is 35.0 Å². The number of nitrogens with zero attached hydrogens (tertiary/aromatic N) is 2. The number of carbonyl (C=O) groups is 2. The van der Waals surface area contributed by atoms with Crippen molar-refractivity contribution in [3.05, 3.63) is 51.3 Å². The minimum Gasteiger partial charge on any atom is -0.503 e. The van der Waals surface area contributed by atoms with Crippen molar-refractivity contribution in [1.29, 1.82) is 0 Å². The number of Topliss-reactive ketones (excluding diaryl/α,β-unsaturated/α-hetero) is 1. The van der Waals surface area contributed by atoms with E-state index in [9.17, 15) is 29.9 Å². The maximum Gasteiger partial charge on any atom is 0.290 e. The monoisotopic (exact) mass is 348 g/mol. The standard InChI is InChI=1S/C17H20N2O6/c1-10(2)9-13(21)14-15(18(7-8-20)17(23)16(14)22)11-5-3-4-6-12(11)19(24)25/h3-6,10,15,20,22H,7-9H2,1-2H3. The van der Waals surface area contributed by atoms with Crippen LogP contribution in [0, 0.1) is 16.0 Å². The lowest BCUT2D eigenvalue weighted by Crippen LogP contribution is -2.34. The van der Waals surface area contributed by atoms with Crippen LogP contribution in [-0.2, 0) is 9.59 Å². The van der Waals surface area contributed by atoms with Crippen LogP contribution in [0.4, 0.5) is 5.69 Å². The number of hydrogen-bond donors (Lipinski definition) is 2. The molecule has 1 aliphatic heterocycles. The fourth-order valence-electron chi connectivity index (χ4n) is 2.97. The first-order valence-corrected chi connectivity index (χ1v) is 7.91. The molecule has 1 aromatic carbocycles. The predicted molar refractivity (Wildman–Crippen MR) is 88.8 cm³/mol. The molecule has 0 aromatic heterocycles. The van der Waals surface area contributed by atoms with Gasteiger partial charge in [-0.25, -0.2) is 0 Å². The summed E-state index contributed by atoms with van der Waals surface area (Å²) in [5, 5.41) is 30.8. The zero-order chi connectivity index (χ0) is 18.7. The molecule has 1 aromatic rings. The second-order valence-electron chi connectivity index (χ2n) is 6.22. The first-order chi connectivity index (χ1) is 11.8. The van der Waals surface area contributed by atoms with E-state index in [0.717, 1.165) is 4.90 Å². The highest BCUT2D eigenvalue weighted by molar-refractivity contribution is 6.09. The van der Waals surface area contributed by atoms with Crippen LogP contribution in [0.5, 0.6) is 0 Å². The molecule has 25 heavy (non-hydrogen) atoms. The van der Waals surface area contributed by atoms with Crippen molar-refractivity contribution in [3.63, 3.8) is 0 Å². The van der Waals surface area contributed by atoms with Crippen LogP contribution in [0.3, 0.4) is 0 Å². The van der Waals surface area contributed by atoms with Crippen LogP contribution < -0.4 is 0 Å². The number of aliphatic hydroxyl groups excluding tert-OH is 2. The van der Waals surface area contributed by atoms with E-state index in [4.69, 9.17) is 0 Å². The second kappa shape index (κ2) is 7.43. The largest absolute Gasteiger partial charge is 0.503 e. The highest BCUT2D eigenvalue weighted by Crippen LogP contribution is 2.41. The molecule has 0 saturated heterocycles. The number of hydrogen-bond acceptors (Lipinski definition) is 6. The molecular formula is C17H20N2O6. The Hall–Kier alpha value is -2.74. The lowest BCUT2D eigenvalue weighted by molar-refractivity contribution is -0.385. The SMILES string of the molecule is CC(C)CC(=O)C1=C(O)C(=O)N(CCO)C1c1ccccc1[N+](=O)[O-]. The fraction of sp³-hybridized carbons (Fsp3) is 0.412. The molecule has 0 saturated carbocycles. The number of β-amino-alcohol motifs (C(OH)–C–C–N with tert-alkyl or cyclic N) is 1. The third-order valence-electron chi connectivity index (χ3n) is 3.97. The minimum absolute atomic E-state index is 0.0128. The third-order valence-corrected chi connectivity index (χ3v) is 3.97. The Bertz CT molecular complexity index is 740. The summed E-state index contributed by atoms with van der Waals surface area (Å²) in [4.78, 5) is 36.8. The van der Waals surface area contributed by atoms with E-state index in [1.54, 1.807) is 6.07 Å². The van der Waals surface area contributed by atoms with Crippen LogP contribution in [0.25, 0.3) is 0 Å². The Morgan fingerprint density at radius 3 is 2.56 bits per heavy atom. The van der Waals surface area contributed by atoms with Gasteiger partial charge in [-0.15, -0.1) is 0 Å². The summed E-state index contributed by atoms with van der Waals surface area (Å²) in [5.74, 6) is -1.97. The summed E-state index contributed by atoms with van der Waals surface area (Å²) >= 11 is 0. The van der Waals surface area contributed by atoms with Crippen molar-refractivity contribution in [2.75, 3.05) is 13.2 Å². The van der Waals surface area contributed by atoms with Crippen molar-refractivity contribution in [1.82, 2.24) is 4.90 Å². The number of nitro groups is 1. The average molecular weight is 348 g/mol. The van der Waals surface area contributed by atoms with Crippen molar-refractivity contribution in [3.8, 4) is 0 Å². The number of nitro benzene ring substituents is 1. The van der Waals surface area contributed by atoms with Crippen LogP contribution >= 0.6 is 0 Å². The Labute approximate surface area is 144 Å². The van der Waals surface area contributed by atoms with E-state index in [2.05, 4.69) is 0 Å². The number of benzene rings is 1. The maximum absolute atomic E-state index is 12.6. The van der Waals surface area contributed by atoms with Gasteiger partial charge in [0.1, 0.15) is 0 Å². The van der Waals surface area contributed by atoms with Crippen LogP contribution in [0.15, 0.2) is 35.6 Å². The van der Waals surface area contributed by atoms with Crippen molar-refractivity contribution < 1.29 is 24.7 Å². The summed E-state index contributed by atoms with van der Waals surface area (Å²) in [6.45, 7) is 3.08.